The van der Waals surface area contributed by atoms with Crippen molar-refractivity contribution < 1.29 is 23.0 Å². The lowest BCUT2D eigenvalue weighted by Crippen LogP contribution is -2.27. The molecule has 1 aliphatic heterocycles. The summed E-state index contributed by atoms with van der Waals surface area (Å²) in [6.45, 7) is 5.11. The Morgan fingerprint density at radius 2 is 1.91 bits per heavy atom. The standard InChI is InChI=1S/C23H27N3O5S2/c1-14-12-18(27)5-6-19(14)26-33(28,29)21-13-16(4-7-20(21)30-3)22-15(2)24-23(32-22)25-17-8-10-31-11-9-17/h4-7,12-13,17,26-27H,8-11H2,1-3H3,(H,24,25). The fourth-order valence-electron chi connectivity index (χ4n) is 3.73. The second kappa shape index (κ2) is 9.58. The van der Waals surface area contributed by atoms with Crippen molar-refractivity contribution in [1.82, 2.24) is 4.98 Å². The Bertz CT molecular complexity index is 1250. The highest BCUT2D eigenvalue weighted by Crippen LogP contribution is 2.37. The average Bonchev–Trinajstić information content (AvgIpc) is 3.15. The number of phenolic OH excluding ortho intramolecular Hbond substituents is 1. The number of anilines is 2. The van der Waals surface area contributed by atoms with E-state index in [9.17, 15) is 13.5 Å². The van der Waals surface area contributed by atoms with E-state index in [1.165, 1.54) is 36.6 Å². The summed E-state index contributed by atoms with van der Waals surface area (Å²) in [6.07, 6.45) is 1.86. The van der Waals surface area contributed by atoms with E-state index < -0.39 is 10.0 Å². The number of sulfonamides is 1. The van der Waals surface area contributed by atoms with E-state index in [-0.39, 0.29) is 16.4 Å². The maximum absolute atomic E-state index is 13.3. The molecule has 10 heteroatoms. The molecule has 0 amide bonds. The number of aryl methyl sites for hydroxylation is 2. The van der Waals surface area contributed by atoms with Gasteiger partial charge in [0.25, 0.3) is 10.0 Å². The molecule has 1 fully saturated rings. The summed E-state index contributed by atoms with van der Waals surface area (Å²) in [5.74, 6) is 0.311. The smallest absolute Gasteiger partial charge is 0.265 e. The number of aromatic nitrogens is 1. The van der Waals surface area contributed by atoms with Gasteiger partial charge in [-0.25, -0.2) is 13.4 Å². The van der Waals surface area contributed by atoms with Crippen LogP contribution in [-0.2, 0) is 14.8 Å². The van der Waals surface area contributed by atoms with Gasteiger partial charge in [0.15, 0.2) is 5.13 Å². The quantitative estimate of drug-likeness (QED) is 0.418. The summed E-state index contributed by atoms with van der Waals surface area (Å²) in [5.41, 5.74) is 2.56. The van der Waals surface area contributed by atoms with Gasteiger partial charge in [0.2, 0.25) is 0 Å². The minimum Gasteiger partial charge on any atom is -0.508 e. The Morgan fingerprint density at radius 3 is 2.61 bits per heavy atom. The Morgan fingerprint density at radius 1 is 1.15 bits per heavy atom. The first-order valence-electron chi connectivity index (χ1n) is 10.6. The van der Waals surface area contributed by atoms with E-state index in [4.69, 9.17) is 9.47 Å². The van der Waals surface area contributed by atoms with Crippen molar-refractivity contribution in [1.29, 1.82) is 0 Å². The molecule has 1 saturated heterocycles. The normalized spacial score (nSPS) is 14.8. The molecule has 1 aromatic heterocycles. The lowest BCUT2D eigenvalue weighted by molar-refractivity contribution is 0.0904. The van der Waals surface area contributed by atoms with Crippen LogP contribution in [0, 0.1) is 13.8 Å². The van der Waals surface area contributed by atoms with Crippen LogP contribution in [0.15, 0.2) is 41.3 Å². The molecule has 1 aliphatic rings. The van der Waals surface area contributed by atoms with E-state index >= 15 is 0 Å². The lowest BCUT2D eigenvalue weighted by Gasteiger charge is -2.22. The number of hydrogen-bond donors (Lipinski definition) is 3. The third kappa shape index (κ3) is 5.23. The molecule has 0 unspecified atom stereocenters. The number of phenols is 1. The first kappa shape index (κ1) is 23.3. The van der Waals surface area contributed by atoms with Crippen molar-refractivity contribution in [2.75, 3.05) is 30.4 Å². The van der Waals surface area contributed by atoms with Crippen LogP contribution in [0.4, 0.5) is 10.8 Å². The number of aromatic hydroxyl groups is 1. The van der Waals surface area contributed by atoms with Crippen molar-refractivity contribution in [3.05, 3.63) is 47.7 Å². The van der Waals surface area contributed by atoms with E-state index in [0.29, 0.717) is 17.3 Å². The predicted molar refractivity (Wildman–Crippen MR) is 130 cm³/mol. The number of benzene rings is 2. The van der Waals surface area contributed by atoms with Crippen LogP contribution < -0.4 is 14.8 Å². The first-order chi connectivity index (χ1) is 15.8. The molecule has 0 saturated carbocycles. The molecular weight excluding hydrogens is 462 g/mol. The number of thiazole rings is 1. The Labute approximate surface area is 197 Å². The Balaban J connectivity index is 1.65. The lowest BCUT2D eigenvalue weighted by atomic mass is 10.1. The van der Waals surface area contributed by atoms with E-state index in [1.54, 1.807) is 19.1 Å². The molecule has 0 aliphatic carbocycles. The summed E-state index contributed by atoms with van der Waals surface area (Å²) in [7, 11) is -2.51. The zero-order valence-corrected chi connectivity index (χ0v) is 20.3. The van der Waals surface area contributed by atoms with Crippen LogP contribution in [0.2, 0.25) is 0 Å². The van der Waals surface area contributed by atoms with Gasteiger partial charge in [0.1, 0.15) is 16.4 Å². The number of nitrogens with zero attached hydrogens (tertiary/aromatic N) is 1. The minimum atomic E-state index is -3.95. The Hall–Kier alpha value is -2.82. The van der Waals surface area contributed by atoms with E-state index in [2.05, 4.69) is 15.0 Å². The molecule has 176 valence electrons. The Kier molecular flexibility index (Phi) is 6.78. The fourth-order valence-corrected chi connectivity index (χ4v) is 6.10. The summed E-state index contributed by atoms with van der Waals surface area (Å²) >= 11 is 1.50. The molecule has 2 heterocycles. The van der Waals surface area contributed by atoms with Crippen molar-refractivity contribution in [3.63, 3.8) is 0 Å². The summed E-state index contributed by atoms with van der Waals surface area (Å²) in [4.78, 5) is 5.57. The molecule has 8 nitrogen and oxygen atoms in total. The third-order valence-corrected chi connectivity index (χ3v) is 8.04. The predicted octanol–water partition coefficient (Wildman–Crippen LogP) is 4.53. The molecular formula is C23H27N3O5S2. The van der Waals surface area contributed by atoms with Crippen LogP contribution in [0.25, 0.3) is 10.4 Å². The molecule has 0 bridgehead atoms. The zero-order chi connectivity index (χ0) is 23.6. The largest absolute Gasteiger partial charge is 0.508 e. The van der Waals surface area contributed by atoms with Crippen LogP contribution in [0.5, 0.6) is 11.5 Å². The first-order valence-corrected chi connectivity index (χ1v) is 12.9. The molecule has 33 heavy (non-hydrogen) atoms. The summed E-state index contributed by atoms with van der Waals surface area (Å²) < 4.78 is 39.9. The van der Waals surface area contributed by atoms with Crippen LogP contribution in [0.1, 0.15) is 24.1 Å². The van der Waals surface area contributed by atoms with Gasteiger partial charge < -0.3 is 19.9 Å². The maximum Gasteiger partial charge on any atom is 0.265 e. The number of methoxy groups -OCH3 is 1. The summed E-state index contributed by atoms with van der Waals surface area (Å²) in [5, 5.41) is 13.9. The van der Waals surface area contributed by atoms with Crippen LogP contribution in [-0.4, -0.2) is 44.9 Å². The molecule has 0 radical (unpaired) electrons. The maximum atomic E-state index is 13.3. The molecule has 4 rings (SSSR count). The molecule has 0 spiro atoms. The number of hydrogen-bond acceptors (Lipinski definition) is 8. The molecule has 2 aromatic carbocycles. The van der Waals surface area contributed by atoms with E-state index in [0.717, 1.165) is 47.3 Å². The van der Waals surface area contributed by atoms with Gasteiger partial charge >= 0.3 is 0 Å². The number of nitrogens with one attached hydrogen (secondary N) is 2. The topological polar surface area (TPSA) is 110 Å². The molecule has 0 atom stereocenters. The van der Waals surface area contributed by atoms with Gasteiger partial charge in [0, 0.05) is 19.3 Å². The van der Waals surface area contributed by atoms with Crippen molar-refractivity contribution in [2.45, 2.75) is 37.6 Å². The average molecular weight is 490 g/mol. The monoisotopic (exact) mass is 489 g/mol. The second-order valence-corrected chi connectivity index (χ2v) is 10.6. The van der Waals surface area contributed by atoms with Gasteiger partial charge in [-0.3, -0.25) is 4.72 Å². The SMILES string of the molecule is COc1ccc(-c2sc(NC3CCOCC3)nc2C)cc1S(=O)(=O)Nc1ccc(O)cc1C. The van der Waals surface area contributed by atoms with Crippen LogP contribution >= 0.6 is 11.3 Å². The molecule has 3 N–H and O–H groups in total. The van der Waals surface area contributed by atoms with Gasteiger partial charge in [-0.1, -0.05) is 11.3 Å². The zero-order valence-electron chi connectivity index (χ0n) is 18.7. The van der Waals surface area contributed by atoms with E-state index in [1.807, 2.05) is 13.0 Å². The highest BCUT2D eigenvalue weighted by molar-refractivity contribution is 7.92. The third-order valence-electron chi connectivity index (χ3n) is 5.52. The van der Waals surface area contributed by atoms with Gasteiger partial charge in [0.05, 0.1) is 23.4 Å². The molecule has 3 aromatic rings. The second-order valence-electron chi connectivity index (χ2n) is 7.93. The van der Waals surface area contributed by atoms with Crippen molar-refractivity contribution in [3.8, 4) is 21.9 Å². The van der Waals surface area contributed by atoms with Crippen molar-refractivity contribution >= 4 is 32.2 Å². The highest BCUT2D eigenvalue weighted by Gasteiger charge is 2.23. The highest BCUT2D eigenvalue weighted by atomic mass is 32.2. The van der Waals surface area contributed by atoms with Gasteiger partial charge in [-0.2, -0.15) is 0 Å². The number of rotatable bonds is 7. The van der Waals surface area contributed by atoms with Crippen LogP contribution in [0.3, 0.4) is 0 Å². The van der Waals surface area contributed by atoms with Crippen molar-refractivity contribution in [2.24, 2.45) is 0 Å². The van der Waals surface area contributed by atoms with Gasteiger partial charge in [-0.15, -0.1) is 0 Å². The van der Waals surface area contributed by atoms with Gasteiger partial charge in [-0.05, 0) is 74.2 Å². The number of ether oxygens (including phenoxy) is 2. The fraction of sp³-hybridized carbons (Fsp3) is 0.348. The minimum absolute atomic E-state index is 0.0294. The summed E-state index contributed by atoms with van der Waals surface area (Å²) in [6, 6.07) is 9.88.